The Morgan fingerprint density at radius 3 is 2.36 bits per heavy atom. The van der Waals surface area contributed by atoms with Gasteiger partial charge in [-0.25, -0.2) is 10.2 Å². The third-order valence-electron chi connectivity index (χ3n) is 6.12. The summed E-state index contributed by atoms with van der Waals surface area (Å²) in [7, 11) is 0. The molecule has 0 aliphatic carbocycles. The number of carbonyl (C=O) groups is 1. The molecule has 11 heteroatoms. The van der Waals surface area contributed by atoms with Gasteiger partial charge >= 0.3 is 5.97 Å². The molecule has 36 heavy (non-hydrogen) atoms. The molecule has 0 unspecified atom stereocenters. The number of rotatable bonds is 8. The number of halogens is 1. The highest BCUT2D eigenvalue weighted by molar-refractivity contribution is 6.33. The van der Waals surface area contributed by atoms with Crippen LogP contribution in [-0.4, -0.2) is 59.9 Å². The normalized spacial score (nSPS) is 15.7. The number of nitrogens with one attached hydrogen (secondary N) is 1. The lowest BCUT2D eigenvalue weighted by molar-refractivity contribution is 0.0526. The summed E-state index contributed by atoms with van der Waals surface area (Å²) in [5.41, 5.74) is 3.93. The summed E-state index contributed by atoms with van der Waals surface area (Å²) in [5.74, 6) is 2.39. The van der Waals surface area contributed by atoms with E-state index in [2.05, 4.69) is 30.3 Å². The van der Waals surface area contributed by atoms with Crippen molar-refractivity contribution in [2.45, 2.75) is 32.6 Å². The average Bonchev–Trinajstić information content (AvgIpc) is 3.68. The summed E-state index contributed by atoms with van der Waals surface area (Å²) in [4.78, 5) is 30.4. The van der Waals surface area contributed by atoms with Crippen LogP contribution in [0.2, 0.25) is 5.02 Å². The van der Waals surface area contributed by atoms with Gasteiger partial charge in [-0.1, -0.05) is 11.6 Å². The van der Waals surface area contributed by atoms with Gasteiger partial charge in [-0.15, -0.1) is 0 Å². The number of hydrogen-bond donors (Lipinski definition) is 1. The Bertz CT molecular complexity index is 1220. The molecule has 1 N–H and O–H groups in total. The molecule has 0 bridgehead atoms. The van der Waals surface area contributed by atoms with Crippen molar-refractivity contribution in [2.75, 3.05) is 48.0 Å². The predicted octanol–water partition coefficient (Wildman–Crippen LogP) is 4.61. The molecular formula is C25H28ClN7O3. The predicted molar refractivity (Wildman–Crippen MR) is 139 cm³/mol. The summed E-state index contributed by atoms with van der Waals surface area (Å²) in [5, 5.41) is 4.61. The van der Waals surface area contributed by atoms with Gasteiger partial charge in [-0.3, -0.25) is 0 Å². The van der Waals surface area contributed by atoms with E-state index in [-0.39, 0.29) is 6.61 Å². The second kappa shape index (κ2) is 10.9. The molecule has 10 nitrogen and oxygen atoms in total. The largest absolute Gasteiger partial charge is 0.462 e. The van der Waals surface area contributed by atoms with Crippen LogP contribution in [0.4, 0.5) is 17.8 Å². The van der Waals surface area contributed by atoms with Gasteiger partial charge in [-0.05, 0) is 62.9 Å². The second-order valence-corrected chi connectivity index (χ2v) is 9.04. The smallest absolute Gasteiger partial charge is 0.339 e. The lowest BCUT2D eigenvalue weighted by Crippen LogP contribution is -2.25. The zero-order chi connectivity index (χ0) is 24.9. The monoisotopic (exact) mass is 509 g/mol. The number of ether oxygens (including phenoxy) is 1. The SMILES string of the molecule is CCOC(=O)c1cc(-c2ccc(/C=N\Nc3nc(N4CCCC4)nc(N4CCCC4)n3)o2)ccc1Cl. The van der Waals surface area contributed by atoms with Crippen LogP contribution in [0.1, 0.15) is 48.7 Å². The molecule has 0 radical (unpaired) electrons. The zero-order valence-corrected chi connectivity index (χ0v) is 20.9. The minimum absolute atomic E-state index is 0.272. The van der Waals surface area contributed by atoms with Gasteiger partial charge in [0.05, 0.1) is 23.4 Å². The number of hydrogen-bond acceptors (Lipinski definition) is 10. The first-order valence-corrected chi connectivity index (χ1v) is 12.6. The third kappa shape index (κ3) is 5.43. The van der Waals surface area contributed by atoms with E-state index in [0.29, 0.717) is 45.5 Å². The number of benzene rings is 1. The van der Waals surface area contributed by atoms with Crippen molar-refractivity contribution in [1.82, 2.24) is 15.0 Å². The van der Waals surface area contributed by atoms with Crippen LogP contribution < -0.4 is 15.2 Å². The number of aromatic nitrogens is 3. The fourth-order valence-corrected chi connectivity index (χ4v) is 4.49. The third-order valence-corrected chi connectivity index (χ3v) is 6.45. The molecule has 0 amide bonds. The highest BCUT2D eigenvalue weighted by Gasteiger charge is 2.21. The van der Waals surface area contributed by atoms with E-state index in [1.807, 2.05) is 0 Å². The van der Waals surface area contributed by atoms with E-state index in [1.165, 1.54) is 0 Å². The van der Waals surface area contributed by atoms with Crippen molar-refractivity contribution in [3.8, 4) is 11.3 Å². The van der Waals surface area contributed by atoms with Gasteiger partial charge in [0.1, 0.15) is 11.5 Å². The minimum atomic E-state index is -0.471. The van der Waals surface area contributed by atoms with Crippen molar-refractivity contribution < 1.29 is 13.9 Å². The lowest BCUT2D eigenvalue weighted by Gasteiger charge is -2.20. The van der Waals surface area contributed by atoms with Crippen LogP contribution >= 0.6 is 11.6 Å². The molecule has 2 saturated heterocycles. The van der Waals surface area contributed by atoms with Crippen LogP contribution in [0.25, 0.3) is 11.3 Å². The van der Waals surface area contributed by atoms with Crippen molar-refractivity contribution >= 4 is 41.6 Å². The highest BCUT2D eigenvalue weighted by atomic mass is 35.5. The molecular weight excluding hydrogens is 482 g/mol. The van der Waals surface area contributed by atoms with Gasteiger partial charge in [0.2, 0.25) is 17.8 Å². The fourth-order valence-electron chi connectivity index (χ4n) is 4.30. The number of nitrogens with zero attached hydrogens (tertiary/aromatic N) is 6. The summed E-state index contributed by atoms with van der Waals surface area (Å²) in [6, 6.07) is 8.69. The molecule has 0 saturated carbocycles. The Labute approximate surface area is 214 Å². The van der Waals surface area contributed by atoms with E-state index >= 15 is 0 Å². The van der Waals surface area contributed by atoms with Crippen molar-refractivity contribution in [1.29, 1.82) is 0 Å². The van der Waals surface area contributed by atoms with Gasteiger partial charge < -0.3 is 19.0 Å². The van der Waals surface area contributed by atoms with Gasteiger partial charge in [0, 0.05) is 31.7 Å². The molecule has 2 aromatic heterocycles. The Morgan fingerprint density at radius 2 is 1.72 bits per heavy atom. The molecule has 4 heterocycles. The van der Waals surface area contributed by atoms with Crippen molar-refractivity contribution in [2.24, 2.45) is 5.10 Å². The minimum Gasteiger partial charge on any atom is -0.462 e. The van der Waals surface area contributed by atoms with Crippen LogP contribution in [-0.2, 0) is 4.74 Å². The van der Waals surface area contributed by atoms with E-state index in [0.717, 1.165) is 51.9 Å². The molecule has 1 aromatic carbocycles. The first-order valence-electron chi connectivity index (χ1n) is 12.2. The standard InChI is InChI=1S/C25H28ClN7O3/c1-2-35-22(34)19-15-17(7-9-20(19)26)21-10-8-18(36-21)16-27-31-23-28-24(32-11-3-4-12-32)30-25(29-23)33-13-5-6-14-33/h7-10,15-16H,2-6,11-14H2,1H3,(H,28,29,30,31)/b27-16-. The van der Waals surface area contributed by atoms with E-state index in [1.54, 1.807) is 43.5 Å². The van der Waals surface area contributed by atoms with E-state index in [4.69, 9.17) is 25.7 Å². The van der Waals surface area contributed by atoms with Gasteiger partial charge in [0.25, 0.3) is 0 Å². The van der Waals surface area contributed by atoms with Crippen LogP contribution in [0.15, 0.2) is 39.9 Å². The van der Waals surface area contributed by atoms with Crippen molar-refractivity contribution in [3.05, 3.63) is 46.7 Å². The maximum atomic E-state index is 12.2. The quantitative estimate of drug-likeness (QED) is 0.264. The Hall–Kier alpha value is -3.66. The summed E-state index contributed by atoms with van der Waals surface area (Å²) in [6.45, 7) is 5.81. The van der Waals surface area contributed by atoms with E-state index < -0.39 is 5.97 Å². The molecule has 5 rings (SSSR count). The number of furan rings is 1. The van der Waals surface area contributed by atoms with Crippen LogP contribution in [0.3, 0.4) is 0 Å². The molecule has 3 aromatic rings. The highest BCUT2D eigenvalue weighted by Crippen LogP contribution is 2.27. The van der Waals surface area contributed by atoms with Gasteiger partial charge in [-0.2, -0.15) is 20.1 Å². The Balaban J connectivity index is 1.31. The number of carbonyl (C=O) groups excluding carboxylic acids is 1. The Kier molecular flexibility index (Phi) is 7.31. The summed E-state index contributed by atoms with van der Waals surface area (Å²) >= 11 is 6.17. The maximum absolute atomic E-state index is 12.2. The maximum Gasteiger partial charge on any atom is 0.339 e. The van der Waals surface area contributed by atoms with E-state index in [9.17, 15) is 4.79 Å². The second-order valence-electron chi connectivity index (χ2n) is 8.63. The molecule has 2 aliphatic rings. The molecule has 188 valence electrons. The molecule has 0 spiro atoms. The lowest BCUT2D eigenvalue weighted by atomic mass is 10.1. The summed E-state index contributed by atoms with van der Waals surface area (Å²) < 4.78 is 11.0. The zero-order valence-electron chi connectivity index (χ0n) is 20.1. The number of anilines is 3. The first kappa shape index (κ1) is 24.1. The molecule has 2 fully saturated rings. The molecule has 0 atom stereocenters. The summed E-state index contributed by atoms with van der Waals surface area (Å²) in [6.07, 6.45) is 6.12. The molecule has 2 aliphatic heterocycles. The first-order chi connectivity index (χ1) is 17.6. The van der Waals surface area contributed by atoms with Crippen molar-refractivity contribution in [3.63, 3.8) is 0 Å². The van der Waals surface area contributed by atoms with Crippen LogP contribution in [0.5, 0.6) is 0 Å². The number of esters is 1. The van der Waals surface area contributed by atoms with Gasteiger partial charge in [0.15, 0.2) is 0 Å². The number of hydrazone groups is 1. The fraction of sp³-hybridized carbons (Fsp3) is 0.400. The topological polar surface area (TPSA) is 109 Å². The van der Waals surface area contributed by atoms with Crippen LogP contribution in [0, 0.1) is 0 Å². The Morgan fingerprint density at radius 1 is 1.06 bits per heavy atom. The average molecular weight is 510 g/mol.